The van der Waals surface area contributed by atoms with Crippen LogP contribution in [0.15, 0.2) is 12.1 Å². The number of aryl methyl sites for hydroxylation is 2. The SMILES string of the molecule is CNc1cc(C)c(CCS(=O)[O-])c(C)c1. The van der Waals surface area contributed by atoms with Gasteiger partial charge in [-0.3, -0.25) is 4.21 Å². The lowest BCUT2D eigenvalue weighted by Crippen LogP contribution is -2.04. The van der Waals surface area contributed by atoms with Crippen molar-refractivity contribution in [2.45, 2.75) is 20.3 Å². The van der Waals surface area contributed by atoms with Crippen LogP contribution < -0.4 is 5.32 Å². The van der Waals surface area contributed by atoms with Crippen molar-refractivity contribution in [3.8, 4) is 0 Å². The average molecular weight is 226 g/mol. The normalized spacial score (nSPS) is 12.5. The molecule has 1 N–H and O–H groups in total. The Morgan fingerprint density at radius 2 is 1.87 bits per heavy atom. The minimum atomic E-state index is -1.96. The molecule has 0 heterocycles. The maximum atomic E-state index is 10.5. The standard InChI is InChI=1S/C11H17NO2S/c1-8-6-10(12-3)7-9(2)11(8)4-5-15(13)14/h6-7,12H,4-5H2,1-3H3,(H,13,14)/p-1. The Bertz CT molecular complexity index is 354. The van der Waals surface area contributed by atoms with Gasteiger partial charge in [-0.1, -0.05) is 11.1 Å². The van der Waals surface area contributed by atoms with E-state index in [4.69, 9.17) is 0 Å². The van der Waals surface area contributed by atoms with Gasteiger partial charge in [0, 0.05) is 18.5 Å². The van der Waals surface area contributed by atoms with E-state index >= 15 is 0 Å². The van der Waals surface area contributed by atoms with Gasteiger partial charge in [-0.2, -0.15) is 0 Å². The van der Waals surface area contributed by atoms with Crippen LogP contribution in [0.1, 0.15) is 16.7 Å². The van der Waals surface area contributed by atoms with Gasteiger partial charge in [-0.05, 0) is 49.1 Å². The molecule has 0 fully saturated rings. The van der Waals surface area contributed by atoms with Crippen LogP contribution in [0.2, 0.25) is 0 Å². The van der Waals surface area contributed by atoms with Gasteiger partial charge in [0.25, 0.3) is 0 Å². The van der Waals surface area contributed by atoms with Crippen molar-refractivity contribution in [1.29, 1.82) is 0 Å². The van der Waals surface area contributed by atoms with Crippen molar-refractivity contribution in [1.82, 2.24) is 0 Å². The van der Waals surface area contributed by atoms with Gasteiger partial charge in [0.15, 0.2) is 0 Å². The van der Waals surface area contributed by atoms with Crippen molar-refractivity contribution >= 4 is 16.8 Å². The smallest absolute Gasteiger partial charge is 0.0343 e. The summed E-state index contributed by atoms with van der Waals surface area (Å²) >= 11 is -1.96. The number of rotatable bonds is 4. The Labute approximate surface area is 93.2 Å². The molecule has 0 aliphatic carbocycles. The molecule has 1 rings (SSSR count). The highest BCUT2D eigenvalue weighted by atomic mass is 32.2. The van der Waals surface area contributed by atoms with Crippen LogP contribution >= 0.6 is 0 Å². The molecule has 0 saturated carbocycles. The zero-order chi connectivity index (χ0) is 11.4. The van der Waals surface area contributed by atoms with Crippen LogP contribution in [0.5, 0.6) is 0 Å². The van der Waals surface area contributed by atoms with Crippen molar-refractivity contribution in [2.75, 3.05) is 18.1 Å². The third-order valence-electron chi connectivity index (χ3n) is 2.50. The predicted molar refractivity (Wildman–Crippen MR) is 63.0 cm³/mol. The van der Waals surface area contributed by atoms with E-state index in [1.165, 1.54) is 0 Å². The molecule has 0 amide bonds. The molecule has 1 aromatic rings. The van der Waals surface area contributed by atoms with Crippen LogP contribution in [-0.2, 0) is 17.5 Å². The molecule has 0 saturated heterocycles. The van der Waals surface area contributed by atoms with E-state index in [2.05, 4.69) is 5.32 Å². The monoisotopic (exact) mass is 226 g/mol. The molecular formula is C11H16NO2S-. The molecule has 3 nitrogen and oxygen atoms in total. The van der Waals surface area contributed by atoms with Gasteiger partial charge in [0.2, 0.25) is 0 Å². The highest BCUT2D eigenvalue weighted by molar-refractivity contribution is 7.79. The minimum absolute atomic E-state index is 0.195. The lowest BCUT2D eigenvalue weighted by Gasteiger charge is -2.13. The molecule has 0 aliphatic heterocycles. The summed E-state index contributed by atoms with van der Waals surface area (Å²) in [6, 6.07) is 4.08. The van der Waals surface area contributed by atoms with Crippen LogP contribution in [0.3, 0.4) is 0 Å². The lowest BCUT2D eigenvalue weighted by atomic mass is 10.00. The fourth-order valence-electron chi connectivity index (χ4n) is 1.72. The number of hydrogen-bond donors (Lipinski definition) is 1. The molecule has 4 heteroatoms. The highest BCUT2D eigenvalue weighted by Crippen LogP contribution is 2.20. The Balaban J connectivity index is 2.92. The third-order valence-corrected chi connectivity index (χ3v) is 3.04. The van der Waals surface area contributed by atoms with Crippen molar-refractivity contribution in [3.05, 3.63) is 28.8 Å². The lowest BCUT2D eigenvalue weighted by molar-refractivity contribution is 0.536. The molecule has 15 heavy (non-hydrogen) atoms. The summed E-state index contributed by atoms with van der Waals surface area (Å²) in [7, 11) is 1.88. The quantitative estimate of drug-likeness (QED) is 0.796. The summed E-state index contributed by atoms with van der Waals surface area (Å²) in [6.45, 7) is 4.02. The molecule has 1 unspecified atom stereocenters. The molecule has 0 aromatic heterocycles. The van der Waals surface area contributed by atoms with E-state index in [0.717, 1.165) is 22.4 Å². The van der Waals surface area contributed by atoms with Crippen LogP contribution in [-0.4, -0.2) is 21.6 Å². The fourth-order valence-corrected chi connectivity index (χ4v) is 2.09. The van der Waals surface area contributed by atoms with E-state index in [-0.39, 0.29) is 5.75 Å². The van der Waals surface area contributed by atoms with E-state index < -0.39 is 11.1 Å². The second-order valence-corrected chi connectivity index (χ2v) is 4.61. The van der Waals surface area contributed by atoms with Gasteiger partial charge >= 0.3 is 0 Å². The number of benzene rings is 1. The van der Waals surface area contributed by atoms with E-state index in [0.29, 0.717) is 6.42 Å². The molecule has 0 aliphatic rings. The number of anilines is 1. The first kappa shape index (κ1) is 12.2. The maximum Gasteiger partial charge on any atom is 0.0343 e. The van der Waals surface area contributed by atoms with E-state index in [9.17, 15) is 8.76 Å². The fraction of sp³-hybridized carbons (Fsp3) is 0.455. The summed E-state index contributed by atoms with van der Waals surface area (Å²) in [5.41, 5.74) is 4.49. The first-order valence-electron chi connectivity index (χ1n) is 4.88. The first-order valence-corrected chi connectivity index (χ1v) is 6.12. The highest BCUT2D eigenvalue weighted by Gasteiger charge is 2.04. The minimum Gasteiger partial charge on any atom is -0.772 e. The van der Waals surface area contributed by atoms with Gasteiger partial charge < -0.3 is 9.87 Å². The third kappa shape index (κ3) is 3.32. The summed E-state index contributed by atoms with van der Waals surface area (Å²) in [5.74, 6) is 0.195. The zero-order valence-electron chi connectivity index (χ0n) is 9.29. The van der Waals surface area contributed by atoms with Gasteiger partial charge in [0.1, 0.15) is 0 Å². The average Bonchev–Trinajstić information content (AvgIpc) is 2.15. The van der Waals surface area contributed by atoms with E-state index in [1.54, 1.807) is 0 Å². The molecule has 0 spiro atoms. The van der Waals surface area contributed by atoms with Crippen molar-refractivity contribution < 1.29 is 8.76 Å². The number of hydrogen-bond acceptors (Lipinski definition) is 3. The Hall–Kier alpha value is -0.870. The molecule has 0 radical (unpaired) electrons. The van der Waals surface area contributed by atoms with E-state index in [1.807, 2.05) is 33.0 Å². The molecule has 0 bridgehead atoms. The van der Waals surface area contributed by atoms with Crippen molar-refractivity contribution in [2.24, 2.45) is 0 Å². The second-order valence-electron chi connectivity index (χ2n) is 3.60. The molecule has 84 valence electrons. The van der Waals surface area contributed by atoms with Crippen LogP contribution in [0, 0.1) is 13.8 Å². The largest absolute Gasteiger partial charge is 0.772 e. The molecular weight excluding hydrogens is 210 g/mol. The summed E-state index contributed by atoms with van der Waals surface area (Å²) < 4.78 is 21.0. The topological polar surface area (TPSA) is 52.2 Å². The maximum absolute atomic E-state index is 10.5. The summed E-state index contributed by atoms with van der Waals surface area (Å²) in [4.78, 5) is 0. The molecule has 1 aromatic carbocycles. The summed E-state index contributed by atoms with van der Waals surface area (Å²) in [6.07, 6.45) is 0.595. The van der Waals surface area contributed by atoms with Gasteiger partial charge in [-0.25, -0.2) is 0 Å². The summed E-state index contributed by atoms with van der Waals surface area (Å²) in [5, 5.41) is 3.08. The van der Waals surface area contributed by atoms with Crippen LogP contribution in [0.4, 0.5) is 5.69 Å². The number of nitrogens with one attached hydrogen (secondary N) is 1. The molecule has 1 atom stereocenters. The predicted octanol–water partition coefficient (Wildman–Crippen LogP) is 1.77. The zero-order valence-corrected chi connectivity index (χ0v) is 10.1. The Morgan fingerprint density at radius 1 is 1.33 bits per heavy atom. The Kier molecular flexibility index (Phi) is 4.29. The Morgan fingerprint density at radius 3 is 2.27 bits per heavy atom. The van der Waals surface area contributed by atoms with Gasteiger partial charge in [0.05, 0.1) is 0 Å². The van der Waals surface area contributed by atoms with Crippen molar-refractivity contribution in [3.63, 3.8) is 0 Å². The first-order chi connectivity index (χ1) is 7.04. The van der Waals surface area contributed by atoms with Gasteiger partial charge in [-0.15, -0.1) is 0 Å². The second kappa shape index (κ2) is 5.28. The van der Waals surface area contributed by atoms with Crippen LogP contribution in [0.25, 0.3) is 0 Å².